The van der Waals surface area contributed by atoms with Crippen LogP contribution >= 0.6 is 11.6 Å². The fourth-order valence-corrected chi connectivity index (χ4v) is 3.97. The Hall–Kier alpha value is -3.01. The number of nitrogens with one attached hydrogen (secondary N) is 1. The fraction of sp³-hybridized carbons (Fsp3) is 0.435. The lowest BCUT2D eigenvalue weighted by Gasteiger charge is -2.31. The average molecular weight is 500 g/mol. The number of amides is 1. The smallest absolute Gasteiger partial charge is 0.491 e. The summed E-state index contributed by atoms with van der Waals surface area (Å²) in [7, 11) is 1.58. The summed E-state index contributed by atoms with van der Waals surface area (Å²) in [5.41, 5.74) is 0.561. The molecule has 7 nitrogen and oxygen atoms in total. The van der Waals surface area contributed by atoms with E-state index in [0.717, 1.165) is 37.8 Å². The first-order chi connectivity index (χ1) is 16.2. The minimum Gasteiger partial charge on any atom is -0.492 e. The van der Waals surface area contributed by atoms with Gasteiger partial charge in [-0.15, -0.1) is 0 Å². The van der Waals surface area contributed by atoms with E-state index in [-0.39, 0.29) is 29.0 Å². The molecule has 11 heteroatoms. The quantitative estimate of drug-likeness (QED) is 0.309. The Morgan fingerprint density at radius 3 is 2.50 bits per heavy atom. The number of carbonyl (C=O) groups is 2. The van der Waals surface area contributed by atoms with Gasteiger partial charge in [0.2, 0.25) is 0 Å². The summed E-state index contributed by atoms with van der Waals surface area (Å²) in [6.07, 6.45) is 2.55. The van der Waals surface area contributed by atoms with E-state index < -0.39 is 23.8 Å². The van der Waals surface area contributed by atoms with Crippen LogP contribution in [0.3, 0.4) is 0 Å². The molecule has 1 heterocycles. The van der Waals surface area contributed by atoms with E-state index in [2.05, 4.69) is 15.0 Å². The molecule has 0 radical (unpaired) electrons. The number of anilines is 1. The summed E-state index contributed by atoms with van der Waals surface area (Å²) in [4.78, 5) is 30.1. The van der Waals surface area contributed by atoms with Crippen molar-refractivity contribution in [1.82, 2.24) is 9.88 Å². The maximum absolute atomic E-state index is 13.2. The Bertz CT molecular complexity index is 999. The summed E-state index contributed by atoms with van der Waals surface area (Å²) >= 11 is 6.15. The first-order valence-electron chi connectivity index (χ1n) is 10.8. The second kappa shape index (κ2) is 11.4. The molecule has 0 aliphatic heterocycles. The predicted molar refractivity (Wildman–Crippen MR) is 120 cm³/mol. The molecular weight excluding hydrogens is 475 g/mol. The summed E-state index contributed by atoms with van der Waals surface area (Å²) in [6, 6.07) is 5.95. The van der Waals surface area contributed by atoms with Gasteiger partial charge in [-0.1, -0.05) is 30.9 Å². The Kier molecular flexibility index (Phi) is 8.60. The zero-order chi connectivity index (χ0) is 24.7. The van der Waals surface area contributed by atoms with E-state index in [9.17, 15) is 22.8 Å². The minimum absolute atomic E-state index is 0.0691. The van der Waals surface area contributed by atoms with Crippen LogP contribution in [0.1, 0.15) is 42.5 Å². The van der Waals surface area contributed by atoms with Gasteiger partial charge in [-0.25, -0.2) is 4.79 Å². The van der Waals surface area contributed by atoms with Crippen molar-refractivity contribution >= 4 is 29.2 Å². The van der Waals surface area contributed by atoms with Gasteiger partial charge in [-0.2, -0.15) is 13.2 Å². The lowest BCUT2D eigenvalue weighted by Crippen LogP contribution is -2.38. The minimum atomic E-state index is -5.24. The van der Waals surface area contributed by atoms with Crippen molar-refractivity contribution in [3.63, 3.8) is 0 Å². The molecule has 1 saturated carbocycles. The summed E-state index contributed by atoms with van der Waals surface area (Å²) in [5, 5.41) is 2.78. The summed E-state index contributed by atoms with van der Waals surface area (Å²) in [5.74, 6) is -3.54. The molecule has 1 amide bonds. The number of halogens is 4. The third-order valence-electron chi connectivity index (χ3n) is 5.50. The highest BCUT2D eigenvalue weighted by atomic mass is 35.5. The highest BCUT2D eigenvalue weighted by Gasteiger charge is 2.42. The van der Waals surface area contributed by atoms with Crippen LogP contribution in [0.5, 0.6) is 11.5 Å². The maximum Gasteiger partial charge on any atom is 0.491 e. The Balaban J connectivity index is 1.80. The van der Waals surface area contributed by atoms with Crippen molar-refractivity contribution in [2.45, 2.75) is 44.3 Å². The predicted octanol–water partition coefficient (Wildman–Crippen LogP) is 5.10. The van der Waals surface area contributed by atoms with E-state index in [1.807, 2.05) is 0 Å². The van der Waals surface area contributed by atoms with Crippen LogP contribution in [-0.4, -0.2) is 54.2 Å². The molecule has 0 saturated heterocycles. The van der Waals surface area contributed by atoms with Crippen LogP contribution in [-0.2, 0) is 4.79 Å². The largest absolute Gasteiger partial charge is 0.492 e. The van der Waals surface area contributed by atoms with Crippen molar-refractivity contribution in [3.8, 4) is 11.5 Å². The fourth-order valence-electron chi connectivity index (χ4n) is 3.72. The summed E-state index contributed by atoms with van der Waals surface area (Å²) < 4.78 is 48.7. The molecule has 184 valence electrons. The van der Waals surface area contributed by atoms with E-state index in [4.69, 9.17) is 16.3 Å². The molecule has 0 atom stereocenters. The number of nitrogens with zero attached hydrogens (tertiary/aromatic N) is 2. The van der Waals surface area contributed by atoms with Crippen LogP contribution in [0.15, 0.2) is 36.7 Å². The van der Waals surface area contributed by atoms with Gasteiger partial charge in [0.05, 0.1) is 10.6 Å². The number of aromatic nitrogens is 1. The van der Waals surface area contributed by atoms with Crippen molar-refractivity contribution in [1.29, 1.82) is 0 Å². The number of pyridine rings is 1. The Morgan fingerprint density at radius 2 is 1.85 bits per heavy atom. The van der Waals surface area contributed by atoms with Crippen molar-refractivity contribution in [2.75, 3.05) is 25.5 Å². The molecule has 1 aliphatic rings. The standard InChI is InChI=1S/C23H25ClF3N3O4/c1-30(16-5-3-2-4-6-16)21(31)18-13-17(33-12-11-29-15-7-9-28-10-8-15)14-19(24)20(18)34-22(32)23(25,26)27/h7-10,13-14,16H,2-6,11-12H2,1H3,(H,28,29). The van der Waals surface area contributed by atoms with Crippen molar-refractivity contribution in [3.05, 3.63) is 47.2 Å². The molecular formula is C23H25ClF3N3O4. The molecule has 0 bridgehead atoms. The molecule has 3 rings (SSSR count). The van der Waals surface area contributed by atoms with Gasteiger partial charge in [0, 0.05) is 43.8 Å². The number of rotatable bonds is 8. The van der Waals surface area contributed by atoms with Crippen LogP contribution in [0.4, 0.5) is 18.9 Å². The van der Waals surface area contributed by atoms with E-state index in [1.54, 1.807) is 31.6 Å². The second-order valence-corrected chi connectivity index (χ2v) is 8.30. The van der Waals surface area contributed by atoms with E-state index in [0.29, 0.717) is 6.54 Å². The van der Waals surface area contributed by atoms with Gasteiger partial charge in [-0.05, 0) is 31.0 Å². The molecule has 34 heavy (non-hydrogen) atoms. The molecule has 1 aliphatic carbocycles. The Morgan fingerprint density at radius 1 is 1.18 bits per heavy atom. The van der Waals surface area contributed by atoms with Crippen LogP contribution < -0.4 is 14.8 Å². The van der Waals surface area contributed by atoms with Crippen LogP contribution in [0.25, 0.3) is 0 Å². The maximum atomic E-state index is 13.2. The van der Waals surface area contributed by atoms with Crippen LogP contribution in [0.2, 0.25) is 5.02 Å². The monoisotopic (exact) mass is 499 g/mol. The lowest BCUT2D eigenvalue weighted by atomic mass is 9.94. The van der Waals surface area contributed by atoms with Gasteiger partial charge in [0.15, 0.2) is 5.75 Å². The van der Waals surface area contributed by atoms with Crippen molar-refractivity contribution < 1.29 is 32.2 Å². The van der Waals surface area contributed by atoms with Gasteiger partial charge < -0.3 is 19.7 Å². The zero-order valence-electron chi connectivity index (χ0n) is 18.5. The third-order valence-corrected chi connectivity index (χ3v) is 5.78. The first-order valence-corrected chi connectivity index (χ1v) is 11.2. The zero-order valence-corrected chi connectivity index (χ0v) is 19.3. The second-order valence-electron chi connectivity index (χ2n) is 7.89. The molecule has 0 spiro atoms. The average Bonchev–Trinajstić information content (AvgIpc) is 2.82. The normalized spacial score (nSPS) is 14.4. The van der Waals surface area contributed by atoms with Crippen molar-refractivity contribution in [2.24, 2.45) is 0 Å². The number of benzene rings is 1. The molecule has 2 aromatic rings. The number of hydrogen-bond donors (Lipinski definition) is 1. The van der Waals surface area contributed by atoms with Gasteiger partial charge >= 0.3 is 12.1 Å². The molecule has 1 N–H and O–H groups in total. The van der Waals surface area contributed by atoms with Gasteiger partial charge in [0.1, 0.15) is 12.4 Å². The topological polar surface area (TPSA) is 80.8 Å². The number of hydrogen-bond acceptors (Lipinski definition) is 6. The van der Waals surface area contributed by atoms with Crippen LogP contribution in [0, 0.1) is 0 Å². The molecule has 1 fully saturated rings. The van der Waals surface area contributed by atoms with Gasteiger partial charge in [0.25, 0.3) is 5.91 Å². The summed E-state index contributed by atoms with van der Waals surface area (Å²) in [6.45, 7) is 0.574. The van der Waals surface area contributed by atoms with E-state index >= 15 is 0 Å². The molecule has 1 aromatic heterocycles. The number of carbonyl (C=O) groups excluding carboxylic acids is 2. The number of esters is 1. The SMILES string of the molecule is CN(C(=O)c1cc(OCCNc2ccncc2)cc(Cl)c1OC(=O)C(F)(F)F)C1CCCCC1. The third kappa shape index (κ3) is 6.75. The first kappa shape index (κ1) is 25.6. The molecule has 0 unspecified atom stereocenters. The highest BCUT2D eigenvalue weighted by Crippen LogP contribution is 2.36. The van der Waals surface area contributed by atoms with E-state index in [1.165, 1.54) is 17.0 Å². The molecule has 1 aromatic carbocycles. The Labute approximate surface area is 200 Å². The number of ether oxygens (including phenoxy) is 2. The highest BCUT2D eigenvalue weighted by molar-refractivity contribution is 6.33. The lowest BCUT2D eigenvalue weighted by molar-refractivity contribution is -0.189. The number of alkyl halides is 3. The van der Waals surface area contributed by atoms with Gasteiger partial charge in [-0.3, -0.25) is 9.78 Å².